The number of fused-ring (bicyclic) bond motifs is 1. The van der Waals surface area contributed by atoms with Gasteiger partial charge in [0.2, 0.25) is 0 Å². The van der Waals surface area contributed by atoms with Gasteiger partial charge in [0.15, 0.2) is 0 Å². The van der Waals surface area contributed by atoms with E-state index in [9.17, 15) is 0 Å². The molecule has 8 nitrogen and oxygen atoms in total. The molecule has 4 rings (SSSR count). The Morgan fingerprint density at radius 3 is 3.12 bits per heavy atom. The lowest BCUT2D eigenvalue weighted by molar-refractivity contribution is 0.00121. The molecular weight excluding hydrogens is 306 g/mol. The maximum atomic E-state index is 5.96. The van der Waals surface area contributed by atoms with Crippen LogP contribution in [0.1, 0.15) is 11.4 Å². The number of hydrogen-bond donors (Lipinski definition) is 1. The van der Waals surface area contributed by atoms with Crippen LogP contribution >= 0.6 is 0 Å². The number of nitrogens with zero attached hydrogens (tertiary/aromatic N) is 6. The van der Waals surface area contributed by atoms with Gasteiger partial charge in [0.05, 0.1) is 36.8 Å². The molecule has 4 heterocycles. The van der Waals surface area contributed by atoms with E-state index >= 15 is 0 Å². The first-order valence-corrected chi connectivity index (χ1v) is 7.93. The van der Waals surface area contributed by atoms with Gasteiger partial charge < -0.3 is 10.1 Å². The van der Waals surface area contributed by atoms with Gasteiger partial charge in [-0.1, -0.05) is 11.3 Å². The second kappa shape index (κ2) is 6.50. The number of ether oxygens (including phenoxy) is 1. The highest BCUT2D eigenvalue weighted by atomic mass is 16.5. The summed E-state index contributed by atoms with van der Waals surface area (Å²) < 4.78 is 9.65. The van der Waals surface area contributed by atoms with Crippen molar-refractivity contribution in [2.24, 2.45) is 7.05 Å². The van der Waals surface area contributed by atoms with E-state index in [4.69, 9.17) is 4.74 Å². The summed E-state index contributed by atoms with van der Waals surface area (Å²) in [6, 6.07) is 5.91. The molecule has 3 aromatic rings. The van der Waals surface area contributed by atoms with Crippen molar-refractivity contribution in [3.8, 4) is 11.3 Å². The lowest BCUT2D eigenvalue weighted by atomic mass is 10.2. The number of aryl methyl sites for hydroxylation is 1. The third-order valence-electron chi connectivity index (χ3n) is 4.05. The quantitative estimate of drug-likeness (QED) is 0.746. The van der Waals surface area contributed by atoms with Crippen LogP contribution in [0, 0.1) is 0 Å². The zero-order valence-electron chi connectivity index (χ0n) is 13.5. The molecule has 124 valence electrons. The number of aromatic nitrogens is 6. The smallest absolute Gasteiger partial charge is 0.121 e. The fraction of sp³-hybridized carbons (Fsp3) is 0.375. The highest BCUT2D eigenvalue weighted by Gasteiger charge is 2.24. The van der Waals surface area contributed by atoms with Crippen molar-refractivity contribution in [2.75, 3.05) is 6.54 Å². The second-order valence-corrected chi connectivity index (χ2v) is 5.85. The van der Waals surface area contributed by atoms with Gasteiger partial charge in [0.1, 0.15) is 5.69 Å². The largest absolute Gasteiger partial charge is 0.369 e. The zero-order chi connectivity index (χ0) is 16.4. The molecule has 0 aromatic carbocycles. The van der Waals surface area contributed by atoms with E-state index in [2.05, 4.69) is 25.7 Å². The van der Waals surface area contributed by atoms with Gasteiger partial charge in [0.25, 0.3) is 0 Å². The maximum absolute atomic E-state index is 5.96. The Labute approximate surface area is 139 Å². The molecule has 3 aromatic heterocycles. The Morgan fingerprint density at radius 2 is 2.33 bits per heavy atom. The first kappa shape index (κ1) is 15.0. The molecule has 0 spiro atoms. The maximum Gasteiger partial charge on any atom is 0.121 e. The second-order valence-electron chi connectivity index (χ2n) is 5.85. The molecule has 1 atom stereocenters. The summed E-state index contributed by atoms with van der Waals surface area (Å²) in [5.41, 5.74) is 3.84. The average Bonchev–Trinajstić information content (AvgIpc) is 3.21. The van der Waals surface area contributed by atoms with Crippen LogP contribution in [0.25, 0.3) is 11.3 Å². The van der Waals surface area contributed by atoms with Crippen molar-refractivity contribution in [3.05, 3.63) is 48.2 Å². The summed E-state index contributed by atoms with van der Waals surface area (Å²) in [6.07, 6.45) is 5.61. The summed E-state index contributed by atoms with van der Waals surface area (Å²) in [4.78, 5) is 4.30. The molecule has 0 fully saturated rings. The summed E-state index contributed by atoms with van der Waals surface area (Å²) >= 11 is 0. The first-order valence-electron chi connectivity index (χ1n) is 7.93. The molecule has 0 saturated heterocycles. The van der Waals surface area contributed by atoms with Crippen molar-refractivity contribution in [1.29, 1.82) is 0 Å². The molecule has 0 saturated carbocycles. The monoisotopic (exact) mass is 325 g/mol. The van der Waals surface area contributed by atoms with E-state index in [1.165, 1.54) is 0 Å². The molecular formula is C16H19N7O. The van der Waals surface area contributed by atoms with Crippen molar-refractivity contribution in [3.63, 3.8) is 0 Å². The van der Waals surface area contributed by atoms with E-state index in [0.29, 0.717) is 13.2 Å². The van der Waals surface area contributed by atoms with Crippen LogP contribution in [-0.4, -0.2) is 42.4 Å². The fourth-order valence-electron chi connectivity index (χ4n) is 2.82. The molecule has 0 unspecified atom stereocenters. The average molecular weight is 325 g/mol. The van der Waals surface area contributed by atoms with E-state index in [0.717, 1.165) is 35.7 Å². The Hall–Kier alpha value is -2.58. The van der Waals surface area contributed by atoms with Gasteiger partial charge in [-0.3, -0.25) is 9.67 Å². The number of pyridine rings is 1. The minimum atomic E-state index is 0.0738. The predicted molar refractivity (Wildman–Crippen MR) is 86.7 cm³/mol. The van der Waals surface area contributed by atoms with Gasteiger partial charge in [0, 0.05) is 38.1 Å². The molecule has 1 aliphatic heterocycles. The van der Waals surface area contributed by atoms with E-state index in [1.807, 2.05) is 36.1 Å². The Kier molecular flexibility index (Phi) is 4.06. The third-order valence-corrected chi connectivity index (χ3v) is 4.05. The summed E-state index contributed by atoms with van der Waals surface area (Å²) in [5, 5.41) is 16.1. The lowest BCUT2D eigenvalue weighted by Crippen LogP contribution is -2.36. The Morgan fingerprint density at radius 1 is 1.38 bits per heavy atom. The minimum Gasteiger partial charge on any atom is -0.369 e. The van der Waals surface area contributed by atoms with Crippen LogP contribution in [0.3, 0.4) is 0 Å². The van der Waals surface area contributed by atoms with Gasteiger partial charge in [-0.25, -0.2) is 4.68 Å². The molecule has 0 amide bonds. The van der Waals surface area contributed by atoms with Crippen molar-refractivity contribution in [2.45, 2.75) is 25.8 Å². The highest BCUT2D eigenvalue weighted by molar-refractivity contribution is 5.59. The Balaban J connectivity index is 1.37. The summed E-state index contributed by atoms with van der Waals surface area (Å²) in [5.74, 6) is 0. The normalized spacial score (nSPS) is 17.0. The molecule has 0 bridgehead atoms. The van der Waals surface area contributed by atoms with Crippen LogP contribution < -0.4 is 5.32 Å². The lowest BCUT2D eigenvalue weighted by Gasteiger charge is -2.24. The standard InChI is InChI=1S/C16H19N7O/c1-22-9-12(6-19-22)16-15-11-24-14(10-23(15)21-20-16)8-17-7-13-4-2-3-5-18-13/h2-6,9,14,17H,7-8,10-11H2,1H3/t14-/m0/s1. The van der Waals surface area contributed by atoms with Gasteiger partial charge in [-0.05, 0) is 12.1 Å². The Bertz CT molecular complexity index is 811. The summed E-state index contributed by atoms with van der Waals surface area (Å²) in [7, 11) is 1.89. The van der Waals surface area contributed by atoms with Crippen molar-refractivity contribution in [1.82, 2.24) is 35.1 Å². The SMILES string of the molecule is Cn1cc(-c2nnn3c2CO[C@@H](CNCc2ccccn2)C3)cn1. The van der Waals surface area contributed by atoms with Crippen LogP contribution in [0.5, 0.6) is 0 Å². The predicted octanol–water partition coefficient (Wildman–Crippen LogP) is 0.762. The molecule has 1 aliphatic rings. The van der Waals surface area contributed by atoms with E-state index in [-0.39, 0.29) is 6.10 Å². The molecule has 1 N–H and O–H groups in total. The van der Waals surface area contributed by atoms with Crippen LogP contribution in [0.15, 0.2) is 36.8 Å². The molecule has 24 heavy (non-hydrogen) atoms. The van der Waals surface area contributed by atoms with Crippen molar-refractivity contribution < 1.29 is 4.74 Å². The summed E-state index contributed by atoms with van der Waals surface area (Å²) in [6.45, 7) is 2.68. The minimum absolute atomic E-state index is 0.0738. The number of hydrogen-bond acceptors (Lipinski definition) is 6. The van der Waals surface area contributed by atoms with Gasteiger partial charge >= 0.3 is 0 Å². The topological polar surface area (TPSA) is 82.7 Å². The molecule has 0 aliphatic carbocycles. The number of rotatable bonds is 5. The molecule has 8 heteroatoms. The van der Waals surface area contributed by atoms with Gasteiger partial charge in [-0.15, -0.1) is 5.10 Å². The van der Waals surface area contributed by atoms with Gasteiger partial charge in [-0.2, -0.15) is 5.10 Å². The van der Waals surface area contributed by atoms with Crippen LogP contribution in [0.4, 0.5) is 0 Å². The fourth-order valence-corrected chi connectivity index (χ4v) is 2.82. The molecule has 0 radical (unpaired) electrons. The first-order chi connectivity index (χ1) is 11.8. The van der Waals surface area contributed by atoms with Crippen LogP contribution in [-0.2, 0) is 31.5 Å². The zero-order valence-corrected chi connectivity index (χ0v) is 13.5. The highest BCUT2D eigenvalue weighted by Crippen LogP contribution is 2.24. The van der Waals surface area contributed by atoms with Crippen molar-refractivity contribution >= 4 is 0 Å². The third kappa shape index (κ3) is 3.06. The van der Waals surface area contributed by atoms with E-state index in [1.54, 1.807) is 17.1 Å². The van der Waals surface area contributed by atoms with Crippen LogP contribution in [0.2, 0.25) is 0 Å². The van der Waals surface area contributed by atoms with E-state index < -0.39 is 0 Å². The number of nitrogens with one attached hydrogen (secondary N) is 1.